The van der Waals surface area contributed by atoms with E-state index >= 15 is 0 Å². The molecule has 1 rings (SSSR count). The van der Waals surface area contributed by atoms with Crippen LogP contribution in [0.4, 0.5) is 5.69 Å². The van der Waals surface area contributed by atoms with Gasteiger partial charge in [-0.25, -0.2) is 17.9 Å². The minimum atomic E-state index is -3.52. The summed E-state index contributed by atoms with van der Waals surface area (Å²) in [6.45, 7) is 3.11. The fourth-order valence-electron chi connectivity index (χ4n) is 1.67. The van der Waals surface area contributed by atoms with Crippen molar-refractivity contribution in [3.05, 3.63) is 29.8 Å². The third-order valence-corrected chi connectivity index (χ3v) is 4.30. The van der Waals surface area contributed by atoms with E-state index in [0.29, 0.717) is 6.42 Å². The summed E-state index contributed by atoms with van der Waals surface area (Å²) in [6, 6.07) is 4.90. The van der Waals surface area contributed by atoms with Crippen LogP contribution in [-0.4, -0.2) is 37.2 Å². The maximum atomic E-state index is 11.9. The van der Waals surface area contributed by atoms with E-state index in [1.165, 1.54) is 25.1 Å². The fraction of sp³-hybridized carbons (Fsp3) is 0.385. The molecular formula is C13H18N2O5S. The largest absolute Gasteiger partial charge is 0.478 e. The number of amides is 1. The van der Waals surface area contributed by atoms with E-state index in [-0.39, 0.29) is 17.0 Å². The van der Waals surface area contributed by atoms with Gasteiger partial charge in [-0.05, 0) is 25.5 Å². The number of carbonyl (C=O) groups is 2. The summed E-state index contributed by atoms with van der Waals surface area (Å²) in [5.74, 6) is -1.87. The van der Waals surface area contributed by atoms with Crippen molar-refractivity contribution in [2.45, 2.75) is 26.3 Å². The van der Waals surface area contributed by atoms with E-state index < -0.39 is 27.9 Å². The van der Waals surface area contributed by atoms with Crippen molar-refractivity contribution in [2.75, 3.05) is 11.1 Å². The lowest BCUT2D eigenvalue weighted by Gasteiger charge is -2.15. The summed E-state index contributed by atoms with van der Waals surface area (Å²) in [5.41, 5.74) is 0.0611. The highest BCUT2D eigenvalue weighted by molar-refractivity contribution is 7.89. The predicted octanol–water partition coefficient (Wildman–Crippen LogP) is 1.04. The van der Waals surface area contributed by atoms with E-state index in [9.17, 15) is 18.0 Å². The zero-order valence-electron chi connectivity index (χ0n) is 11.8. The van der Waals surface area contributed by atoms with Crippen LogP contribution in [-0.2, 0) is 14.8 Å². The summed E-state index contributed by atoms with van der Waals surface area (Å²) in [4.78, 5) is 23.0. The van der Waals surface area contributed by atoms with Crippen LogP contribution in [0.2, 0.25) is 0 Å². The predicted molar refractivity (Wildman–Crippen MR) is 78.7 cm³/mol. The number of hydrogen-bond acceptors (Lipinski definition) is 4. The zero-order chi connectivity index (χ0) is 16.0. The van der Waals surface area contributed by atoms with Gasteiger partial charge in [-0.3, -0.25) is 4.79 Å². The molecule has 1 unspecified atom stereocenters. The number of sulfonamides is 1. The molecule has 0 aliphatic carbocycles. The molecule has 116 valence electrons. The number of nitrogens with one attached hydrogen (secondary N) is 2. The van der Waals surface area contributed by atoms with Crippen molar-refractivity contribution in [1.29, 1.82) is 0 Å². The molecule has 0 aromatic heterocycles. The Hall–Kier alpha value is -1.93. The molecule has 1 aromatic carbocycles. The van der Waals surface area contributed by atoms with Crippen LogP contribution in [0.1, 0.15) is 30.6 Å². The summed E-state index contributed by atoms with van der Waals surface area (Å²) in [7, 11) is -3.52. The number of anilines is 1. The molecule has 7 nitrogen and oxygen atoms in total. The highest BCUT2D eigenvalue weighted by Gasteiger charge is 2.21. The van der Waals surface area contributed by atoms with Gasteiger partial charge in [-0.1, -0.05) is 19.1 Å². The molecular weight excluding hydrogens is 296 g/mol. The van der Waals surface area contributed by atoms with Gasteiger partial charge in [0.1, 0.15) is 0 Å². The molecule has 0 bridgehead atoms. The number of aromatic carboxylic acids is 1. The van der Waals surface area contributed by atoms with Crippen molar-refractivity contribution in [3.63, 3.8) is 0 Å². The van der Waals surface area contributed by atoms with Crippen LogP contribution in [0.3, 0.4) is 0 Å². The van der Waals surface area contributed by atoms with Crippen molar-refractivity contribution in [1.82, 2.24) is 4.72 Å². The van der Waals surface area contributed by atoms with Gasteiger partial charge in [0.05, 0.1) is 23.0 Å². The van der Waals surface area contributed by atoms with Gasteiger partial charge in [0.2, 0.25) is 15.9 Å². The average Bonchev–Trinajstić information content (AvgIpc) is 2.38. The van der Waals surface area contributed by atoms with Gasteiger partial charge >= 0.3 is 5.97 Å². The molecule has 1 amide bonds. The first kappa shape index (κ1) is 17.1. The lowest BCUT2D eigenvalue weighted by Crippen LogP contribution is -2.42. The van der Waals surface area contributed by atoms with Crippen molar-refractivity contribution >= 4 is 27.6 Å². The third-order valence-electron chi connectivity index (χ3n) is 2.64. The normalized spacial score (nSPS) is 12.7. The smallest absolute Gasteiger partial charge is 0.337 e. The molecule has 1 aromatic rings. The van der Waals surface area contributed by atoms with Crippen LogP contribution in [0.15, 0.2) is 24.3 Å². The maximum Gasteiger partial charge on any atom is 0.337 e. The van der Waals surface area contributed by atoms with Gasteiger partial charge in [-0.2, -0.15) is 0 Å². The second-order valence-corrected chi connectivity index (χ2v) is 6.37. The molecule has 8 heteroatoms. The quantitative estimate of drug-likeness (QED) is 0.696. The van der Waals surface area contributed by atoms with Gasteiger partial charge in [0.25, 0.3) is 0 Å². The van der Waals surface area contributed by atoms with Crippen LogP contribution in [0.5, 0.6) is 0 Å². The van der Waals surface area contributed by atoms with E-state index in [2.05, 4.69) is 10.0 Å². The van der Waals surface area contributed by atoms with Gasteiger partial charge in [0.15, 0.2) is 0 Å². The van der Waals surface area contributed by atoms with Crippen molar-refractivity contribution in [3.8, 4) is 0 Å². The number of benzene rings is 1. The molecule has 21 heavy (non-hydrogen) atoms. The van der Waals surface area contributed by atoms with Crippen LogP contribution >= 0.6 is 0 Å². The highest BCUT2D eigenvalue weighted by Crippen LogP contribution is 2.15. The Balaban J connectivity index is 2.80. The van der Waals surface area contributed by atoms with E-state index in [4.69, 9.17) is 5.11 Å². The molecule has 0 radical (unpaired) electrons. The summed E-state index contributed by atoms with van der Waals surface area (Å²) in [6.07, 6.45) is 0.436. The Labute approximate surface area is 123 Å². The molecule has 0 heterocycles. The molecule has 0 saturated heterocycles. The number of carboxylic acids is 1. The minimum absolute atomic E-state index is 0.0607. The van der Waals surface area contributed by atoms with Gasteiger partial charge in [-0.15, -0.1) is 0 Å². The Morgan fingerprint density at radius 2 is 1.90 bits per heavy atom. The van der Waals surface area contributed by atoms with E-state index in [1.54, 1.807) is 13.0 Å². The third kappa shape index (κ3) is 5.16. The first-order valence-corrected chi connectivity index (χ1v) is 8.05. The van der Waals surface area contributed by atoms with E-state index in [0.717, 1.165) is 0 Å². The molecule has 1 atom stereocenters. The first-order valence-electron chi connectivity index (χ1n) is 6.40. The van der Waals surface area contributed by atoms with Gasteiger partial charge < -0.3 is 10.4 Å². The highest BCUT2D eigenvalue weighted by atomic mass is 32.2. The number of carboxylic acid groups (broad SMARTS) is 1. The molecule has 0 fully saturated rings. The molecule has 0 saturated carbocycles. The minimum Gasteiger partial charge on any atom is -0.478 e. The lowest BCUT2D eigenvalue weighted by atomic mass is 10.1. The first-order chi connectivity index (χ1) is 9.76. The molecule has 0 aliphatic rings. The SMILES string of the molecule is CCCS(=O)(=O)NC(C)C(=O)Nc1ccccc1C(=O)O. The summed E-state index contributed by atoms with van der Waals surface area (Å²) >= 11 is 0. The maximum absolute atomic E-state index is 11.9. The Bertz CT molecular complexity index is 627. The summed E-state index contributed by atoms with van der Waals surface area (Å²) in [5, 5.41) is 11.4. The Morgan fingerprint density at radius 3 is 2.48 bits per heavy atom. The van der Waals surface area contributed by atoms with Crippen molar-refractivity contribution < 1.29 is 23.1 Å². The Morgan fingerprint density at radius 1 is 1.29 bits per heavy atom. The molecule has 0 aliphatic heterocycles. The standard InChI is InChI=1S/C13H18N2O5S/c1-3-8-21(19,20)15-9(2)12(16)14-11-7-5-4-6-10(11)13(17)18/h4-7,9,15H,3,8H2,1-2H3,(H,14,16)(H,17,18). The molecule has 0 spiro atoms. The van der Waals surface area contributed by atoms with Crippen LogP contribution in [0.25, 0.3) is 0 Å². The van der Waals surface area contributed by atoms with Crippen LogP contribution < -0.4 is 10.0 Å². The number of rotatable bonds is 7. The van der Waals surface area contributed by atoms with Crippen molar-refractivity contribution in [2.24, 2.45) is 0 Å². The number of para-hydroxylation sites is 1. The zero-order valence-corrected chi connectivity index (χ0v) is 12.6. The molecule has 3 N–H and O–H groups in total. The monoisotopic (exact) mass is 314 g/mol. The Kier molecular flexibility index (Phi) is 5.86. The fourth-order valence-corrected chi connectivity index (χ4v) is 2.97. The second kappa shape index (κ2) is 7.19. The topological polar surface area (TPSA) is 113 Å². The second-order valence-electron chi connectivity index (χ2n) is 4.50. The average molecular weight is 314 g/mol. The summed E-state index contributed by atoms with van der Waals surface area (Å²) < 4.78 is 25.4. The van der Waals surface area contributed by atoms with Gasteiger partial charge in [0, 0.05) is 0 Å². The van der Waals surface area contributed by atoms with Crippen LogP contribution in [0, 0.1) is 0 Å². The number of hydrogen-bond donors (Lipinski definition) is 3. The van der Waals surface area contributed by atoms with E-state index in [1.807, 2.05) is 0 Å². The lowest BCUT2D eigenvalue weighted by molar-refractivity contribution is -0.117. The number of carbonyl (C=O) groups excluding carboxylic acids is 1.